The van der Waals surface area contributed by atoms with Crippen molar-refractivity contribution in [3.8, 4) is 22.6 Å². The average Bonchev–Trinajstić information content (AvgIpc) is 3.11. The van der Waals surface area contributed by atoms with Crippen LogP contribution in [0.5, 0.6) is 11.5 Å². The van der Waals surface area contributed by atoms with E-state index in [0.29, 0.717) is 12.1 Å². The SMILES string of the molecule is Fc1ccc(OB(Oc2c(F)c(F)c(F)c(F)c2-c2c(F)c(F)c(F)c(F)c2F)c2c(F)c(F)c(F)c3c(F)c4c(F)cccc4cc23)c(F)c1F. The molecule has 0 fully saturated rings. The summed E-state index contributed by atoms with van der Waals surface area (Å²) >= 11 is 0. The molecule has 0 aliphatic heterocycles. The molecule has 0 unspecified atom stereocenters. The van der Waals surface area contributed by atoms with Gasteiger partial charge in [0.25, 0.3) is 0 Å². The first-order valence-electron chi connectivity index (χ1n) is 13.6. The van der Waals surface area contributed by atoms with Gasteiger partial charge in [0, 0.05) is 0 Å². The number of rotatable bonds is 6. The third-order valence-corrected chi connectivity index (χ3v) is 7.56. The highest BCUT2D eigenvalue weighted by atomic mass is 19.2. The largest absolute Gasteiger partial charge is 0.636 e. The Morgan fingerprint density at radius 1 is 0.385 bits per heavy atom. The summed E-state index contributed by atoms with van der Waals surface area (Å²) in [5.74, 6) is -48.6. The number of benzene rings is 6. The van der Waals surface area contributed by atoms with Crippen molar-refractivity contribution in [2.75, 3.05) is 0 Å². The molecule has 0 heterocycles. The van der Waals surface area contributed by atoms with Crippen molar-refractivity contribution < 1.29 is 83.9 Å². The van der Waals surface area contributed by atoms with E-state index in [0.717, 1.165) is 12.1 Å². The van der Waals surface area contributed by atoms with Gasteiger partial charge < -0.3 is 9.31 Å². The van der Waals surface area contributed by atoms with E-state index in [2.05, 4.69) is 0 Å². The minimum Gasteiger partial charge on any atom is -0.520 e. The highest BCUT2D eigenvalue weighted by Gasteiger charge is 2.42. The van der Waals surface area contributed by atoms with E-state index in [9.17, 15) is 48.3 Å². The third kappa shape index (κ3) is 5.29. The molecular weight excluding hydrogens is 750 g/mol. The molecule has 0 aromatic heterocycles. The molecule has 0 radical (unpaired) electrons. The summed E-state index contributed by atoms with van der Waals surface area (Å²) < 4.78 is 260. The zero-order valence-corrected chi connectivity index (χ0v) is 24.3. The van der Waals surface area contributed by atoms with E-state index >= 15 is 26.3 Å². The Labute approximate surface area is 276 Å². The fraction of sp³-hybridized carbons (Fsp3) is 0. The van der Waals surface area contributed by atoms with Gasteiger partial charge in [0.15, 0.2) is 69.7 Å². The molecule has 0 saturated carbocycles. The molecule has 6 aromatic rings. The van der Waals surface area contributed by atoms with Crippen LogP contribution in [0, 0.1) is 98.9 Å². The molecule has 0 spiro atoms. The van der Waals surface area contributed by atoms with E-state index in [-0.39, 0.29) is 12.1 Å². The summed E-state index contributed by atoms with van der Waals surface area (Å²) in [5, 5.41) is -4.70. The van der Waals surface area contributed by atoms with Gasteiger partial charge in [-0.2, -0.15) is 8.78 Å². The van der Waals surface area contributed by atoms with Crippen LogP contribution in [0.25, 0.3) is 32.7 Å². The van der Waals surface area contributed by atoms with E-state index in [1.807, 2.05) is 0 Å². The number of hydrogen-bond acceptors (Lipinski definition) is 2. The van der Waals surface area contributed by atoms with E-state index in [4.69, 9.17) is 9.31 Å². The van der Waals surface area contributed by atoms with Crippen LogP contribution in [0.15, 0.2) is 36.4 Å². The predicted octanol–water partition coefficient (Wildman–Crippen LogP) is 9.88. The minimum absolute atomic E-state index is 0.0958. The second kappa shape index (κ2) is 12.8. The maximum absolute atomic E-state index is 15.8. The van der Waals surface area contributed by atoms with Gasteiger partial charge in [-0.05, 0) is 35.0 Å². The highest BCUT2D eigenvalue weighted by molar-refractivity contribution is 6.66. The number of hydrogen-bond donors (Lipinski definition) is 0. The average molecular weight is 756 g/mol. The van der Waals surface area contributed by atoms with Crippen LogP contribution in [-0.4, -0.2) is 7.12 Å². The Kier molecular flexibility index (Phi) is 8.90. The topological polar surface area (TPSA) is 18.5 Å². The van der Waals surface area contributed by atoms with Crippen LogP contribution in [0.3, 0.4) is 0 Å². The minimum atomic E-state index is -3.49. The summed E-state index contributed by atoms with van der Waals surface area (Å²) in [6.45, 7) is 0. The predicted molar refractivity (Wildman–Crippen MR) is 146 cm³/mol. The normalized spacial score (nSPS) is 11.6. The van der Waals surface area contributed by atoms with E-state index in [1.54, 1.807) is 0 Å². The van der Waals surface area contributed by atoms with E-state index in [1.165, 1.54) is 0 Å². The monoisotopic (exact) mass is 756 g/mol. The molecule has 0 atom stereocenters. The van der Waals surface area contributed by atoms with Crippen molar-refractivity contribution in [1.82, 2.24) is 0 Å². The number of fused-ring (bicyclic) bond motifs is 2. The highest BCUT2D eigenvalue weighted by Crippen LogP contribution is 2.43. The molecule has 6 rings (SSSR count). The van der Waals surface area contributed by atoms with Crippen LogP contribution >= 0.6 is 0 Å². The molecule has 0 amide bonds. The van der Waals surface area contributed by atoms with Crippen LogP contribution in [0.4, 0.5) is 74.6 Å². The first-order chi connectivity index (χ1) is 24.4. The summed E-state index contributed by atoms with van der Waals surface area (Å²) in [5.41, 5.74) is -6.94. The standard InChI is InChI=1S/C32H6BF17O2/c34-9-3-1-2-7-6-8-13(19(38)12(7)9)20(39)25(44)24(43)16(8)33(51-11-5-4-10(35)17(36)18(11)37)52-32-15(23(42)28(47)30(49)31(32)50)14-21(40)26(45)29(48)27(46)22(14)41/h1-6H. The van der Waals surface area contributed by atoms with Crippen molar-refractivity contribution in [1.29, 1.82) is 0 Å². The lowest BCUT2D eigenvalue weighted by molar-refractivity contribution is 0.358. The molecule has 2 nitrogen and oxygen atoms in total. The fourth-order valence-corrected chi connectivity index (χ4v) is 5.20. The van der Waals surface area contributed by atoms with Gasteiger partial charge in [-0.15, -0.1) is 0 Å². The smallest absolute Gasteiger partial charge is 0.520 e. The molecule has 0 aliphatic rings. The van der Waals surface area contributed by atoms with Crippen LogP contribution in [-0.2, 0) is 0 Å². The zero-order valence-electron chi connectivity index (χ0n) is 24.3. The second-order valence-corrected chi connectivity index (χ2v) is 10.5. The van der Waals surface area contributed by atoms with Gasteiger partial charge in [0.05, 0.1) is 27.4 Å². The lowest BCUT2D eigenvalue weighted by Crippen LogP contribution is -2.46. The molecule has 52 heavy (non-hydrogen) atoms. The molecule has 6 aromatic carbocycles. The second-order valence-electron chi connectivity index (χ2n) is 10.5. The lowest BCUT2D eigenvalue weighted by Gasteiger charge is -2.23. The Morgan fingerprint density at radius 3 is 1.54 bits per heavy atom. The summed E-state index contributed by atoms with van der Waals surface area (Å²) in [6.07, 6.45) is 0. The number of halogens is 17. The summed E-state index contributed by atoms with van der Waals surface area (Å²) in [4.78, 5) is 0. The Morgan fingerprint density at radius 2 is 0.923 bits per heavy atom. The molecule has 0 bridgehead atoms. The van der Waals surface area contributed by atoms with Gasteiger partial charge in [0.1, 0.15) is 17.4 Å². The molecule has 268 valence electrons. The van der Waals surface area contributed by atoms with E-state index < -0.39 is 156 Å². The molecule has 0 aliphatic carbocycles. The summed E-state index contributed by atoms with van der Waals surface area (Å²) in [7, 11) is -3.49. The molecule has 0 saturated heterocycles. The van der Waals surface area contributed by atoms with Gasteiger partial charge in [0.2, 0.25) is 23.3 Å². The first kappa shape index (κ1) is 36.1. The van der Waals surface area contributed by atoms with Crippen LogP contribution in [0.2, 0.25) is 0 Å². The quantitative estimate of drug-likeness (QED) is 0.0554. The molecule has 20 heteroatoms. The summed E-state index contributed by atoms with van der Waals surface area (Å²) in [6, 6.07) is 3.16. The Hall–Kier alpha value is -5.69. The maximum Gasteiger partial charge on any atom is 0.636 e. The zero-order chi connectivity index (χ0) is 38.2. The maximum atomic E-state index is 15.8. The van der Waals surface area contributed by atoms with Gasteiger partial charge in [-0.3, -0.25) is 0 Å². The first-order valence-corrected chi connectivity index (χ1v) is 13.6. The van der Waals surface area contributed by atoms with Crippen molar-refractivity contribution >= 4 is 34.1 Å². The van der Waals surface area contributed by atoms with Gasteiger partial charge >= 0.3 is 7.12 Å². The third-order valence-electron chi connectivity index (χ3n) is 7.56. The van der Waals surface area contributed by atoms with Crippen LogP contribution < -0.4 is 14.8 Å². The van der Waals surface area contributed by atoms with Gasteiger partial charge in [-0.25, -0.2) is 65.9 Å². The van der Waals surface area contributed by atoms with Crippen molar-refractivity contribution in [3.05, 3.63) is 135 Å². The van der Waals surface area contributed by atoms with Crippen LogP contribution in [0.1, 0.15) is 0 Å². The van der Waals surface area contributed by atoms with Gasteiger partial charge in [-0.1, -0.05) is 12.1 Å². The molecule has 0 N–H and O–H groups in total. The Balaban J connectivity index is 1.75. The fourth-order valence-electron chi connectivity index (χ4n) is 5.20. The van der Waals surface area contributed by atoms with Crippen molar-refractivity contribution in [2.45, 2.75) is 0 Å². The lowest BCUT2D eigenvalue weighted by atomic mass is 9.74. The Bertz CT molecular complexity index is 2500. The van der Waals surface area contributed by atoms with Crippen molar-refractivity contribution in [2.24, 2.45) is 0 Å². The molecular formula is C32H6BF17O2. The van der Waals surface area contributed by atoms with Crippen molar-refractivity contribution in [3.63, 3.8) is 0 Å².